The van der Waals surface area contributed by atoms with E-state index in [1.54, 1.807) is 12.1 Å². The van der Waals surface area contributed by atoms with Crippen LogP contribution in [-0.4, -0.2) is 54.1 Å². The highest BCUT2D eigenvalue weighted by molar-refractivity contribution is 8.01. The molecule has 0 saturated carbocycles. The van der Waals surface area contributed by atoms with E-state index in [9.17, 15) is 4.39 Å². The van der Waals surface area contributed by atoms with E-state index in [0.29, 0.717) is 0 Å². The molecule has 4 heterocycles. The van der Waals surface area contributed by atoms with E-state index in [4.69, 9.17) is 0 Å². The van der Waals surface area contributed by atoms with Gasteiger partial charge in [-0.2, -0.15) is 0 Å². The van der Waals surface area contributed by atoms with E-state index < -0.39 is 0 Å². The molecule has 3 aliphatic heterocycles. The van der Waals surface area contributed by atoms with E-state index in [1.165, 1.54) is 58.5 Å². The molecule has 0 radical (unpaired) electrons. The quantitative estimate of drug-likeness (QED) is 0.347. The van der Waals surface area contributed by atoms with Gasteiger partial charge in [-0.1, -0.05) is 24.3 Å². The fourth-order valence-electron chi connectivity index (χ4n) is 6.29. The van der Waals surface area contributed by atoms with Crippen LogP contribution in [0.1, 0.15) is 24.1 Å². The van der Waals surface area contributed by atoms with Crippen LogP contribution < -0.4 is 4.31 Å². The monoisotopic (exact) mass is 486 g/mol. The lowest BCUT2D eigenvalue weighted by Crippen LogP contribution is -2.42. The summed E-state index contributed by atoms with van der Waals surface area (Å²) < 4.78 is 16.3. The second kappa shape index (κ2) is 8.84. The Morgan fingerprint density at radius 1 is 0.943 bits per heavy atom. The molecule has 3 aliphatic rings. The summed E-state index contributed by atoms with van der Waals surface area (Å²) in [5.74, 6) is 0.616. The number of piperidine rings is 1. The minimum atomic E-state index is -0.142. The summed E-state index contributed by atoms with van der Waals surface area (Å²) in [6.07, 6.45) is 3.58. The van der Waals surface area contributed by atoms with E-state index in [0.717, 1.165) is 56.0 Å². The summed E-state index contributed by atoms with van der Waals surface area (Å²) in [5, 5.41) is 3.83. The van der Waals surface area contributed by atoms with Crippen molar-refractivity contribution in [2.24, 2.45) is 5.92 Å². The minimum Gasteiger partial charge on any atom is -0.358 e. The van der Waals surface area contributed by atoms with E-state index >= 15 is 0 Å². The largest absolute Gasteiger partial charge is 0.358 e. The summed E-state index contributed by atoms with van der Waals surface area (Å²) in [7, 11) is 0. The maximum absolute atomic E-state index is 13.8. The highest BCUT2D eigenvalue weighted by Crippen LogP contribution is 2.45. The van der Waals surface area contributed by atoms with Crippen LogP contribution in [0.3, 0.4) is 0 Å². The molecule has 3 aromatic carbocycles. The van der Waals surface area contributed by atoms with Gasteiger partial charge in [0.1, 0.15) is 5.82 Å². The second-order valence-corrected chi connectivity index (χ2v) is 11.4. The number of rotatable bonds is 5. The summed E-state index contributed by atoms with van der Waals surface area (Å²) >= 11 is 1.90. The standard InChI is InChI=1S/C29H31FN4S/c30-22-7-8-25-23(17-22)24-19-33(14-11-26(24)31-25)18-20-9-12-32(13-10-20)15-16-34-27-5-1-3-21-4-2-6-28(35-34)29(21)27/h1-8,17,20,31H,9-16,18-19H2. The number of halogens is 1. The van der Waals surface area contributed by atoms with Gasteiger partial charge >= 0.3 is 0 Å². The Balaban J connectivity index is 0.930. The van der Waals surface area contributed by atoms with Crippen molar-refractivity contribution in [3.05, 3.63) is 71.7 Å². The predicted molar refractivity (Wildman–Crippen MR) is 144 cm³/mol. The van der Waals surface area contributed by atoms with Crippen LogP contribution in [0.15, 0.2) is 59.5 Å². The van der Waals surface area contributed by atoms with Crippen LogP contribution in [-0.2, 0) is 13.0 Å². The molecule has 0 unspecified atom stereocenters. The molecular formula is C29H31FN4S. The molecule has 0 aliphatic carbocycles. The molecule has 35 heavy (non-hydrogen) atoms. The molecule has 4 nitrogen and oxygen atoms in total. The fourth-order valence-corrected chi connectivity index (χ4v) is 7.41. The third kappa shape index (κ3) is 4.02. The van der Waals surface area contributed by atoms with Gasteiger partial charge in [-0.3, -0.25) is 4.90 Å². The lowest BCUT2D eigenvalue weighted by molar-refractivity contribution is 0.139. The Labute approximate surface area is 210 Å². The summed E-state index contributed by atoms with van der Waals surface area (Å²) in [6, 6.07) is 18.4. The first-order valence-corrected chi connectivity index (χ1v) is 13.7. The average Bonchev–Trinajstić information content (AvgIpc) is 3.43. The van der Waals surface area contributed by atoms with Crippen LogP contribution in [0.25, 0.3) is 21.7 Å². The molecule has 6 heteroatoms. The van der Waals surface area contributed by atoms with Gasteiger partial charge in [-0.25, -0.2) is 4.39 Å². The zero-order chi connectivity index (χ0) is 23.4. The third-order valence-electron chi connectivity index (χ3n) is 8.18. The van der Waals surface area contributed by atoms with Crippen molar-refractivity contribution in [2.75, 3.05) is 43.6 Å². The molecule has 0 spiro atoms. The number of anilines is 1. The van der Waals surface area contributed by atoms with Gasteiger partial charge in [-0.15, -0.1) is 0 Å². The molecular weight excluding hydrogens is 455 g/mol. The van der Waals surface area contributed by atoms with Crippen LogP contribution in [0.2, 0.25) is 0 Å². The van der Waals surface area contributed by atoms with Crippen molar-refractivity contribution >= 4 is 39.3 Å². The van der Waals surface area contributed by atoms with Crippen LogP contribution in [0, 0.1) is 11.7 Å². The van der Waals surface area contributed by atoms with Gasteiger partial charge in [-0.05, 0) is 85.1 Å². The molecule has 1 saturated heterocycles. The third-order valence-corrected chi connectivity index (χ3v) is 9.32. The zero-order valence-electron chi connectivity index (χ0n) is 20.0. The van der Waals surface area contributed by atoms with Crippen molar-refractivity contribution in [1.82, 2.24) is 14.8 Å². The summed E-state index contributed by atoms with van der Waals surface area (Å²) in [4.78, 5) is 10.2. The molecule has 1 aromatic heterocycles. The first-order chi connectivity index (χ1) is 17.2. The molecule has 0 atom stereocenters. The van der Waals surface area contributed by atoms with Gasteiger partial charge in [0.25, 0.3) is 0 Å². The normalized spacial score (nSPS) is 19.2. The van der Waals surface area contributed by atoms with Crippen molar-refractivity contribution in [3.63, 3.8) is 0 Å². The zero-order valence-corrected chi connectivity index (χ0v) is 20.8. The van der Waals surface area contributed by atoms with Gasteiger partial charge < -0.3 is 14.2 Å². The number of hydrogen-bond donors (Lipinski definition) is 1. The highest BCUT2D eigenvalue weighted by Gasteiger charge is 2.27. The highest BCUT2D eigenvalue weighted by atomic mass is 32.2. The number of nitrogens with one attached hydrogen (secondary N) is 1. The van der Waals surface area contributed by atoms with Crippen molar-refractivity contribution in [2.45, 2.75) is 30.7 Å². The molecule has 1 N–H and O–H groups in total. The summed E-state index contributed by atoms with van der Waals surface area (Å²) in [5.41, 5.74) is 5.05. The Hall–Kier alpha value is -2.54. The SMILES string of the molecule is Fc1ccc2[nH]c3c(c2c1)CN(CC1CCN(CCN2Sc4cccc5cccc2c45)CC1)CC3. The van der Waals surface area contributed by atoms with Crippen LogP contribution in [0.4, 0.5) is 10.1 Å². The van der Waals surface area contributed by atoms with E-state index in [2.05, 4.69) is 55.5 Å². The minimum absolute atomic E-state index is 0.142. The first kappa shape index (κ1) is 21.7. The Bertz CT molecular complexity index is 1390. The van der Waals surface area contributed by atoms with Crippen LogP contribution >= 0.6 is 11.9 Å². The number of aromatic amines is 1. The average molecular weight is 487 g/mol. The number of H-pyrrole nitrogens is 1. The van der Waals surface area contributed by atoms with Crippen molar-refractivity contribution in [1.29, 1.82) is 0 Å². The lowest BCUT2D eigenvalue weighted by atomic mass is 9.94. The molecule has 4 aromatic rings. The van der Waals surface area contributed by atoms with Crippen molar-refractivity contribution in [3.8, 4) is 0 Å². The lowest BCUT2D eigenvalue weighted by Gasteiger charge is -2.36. The van der Waals surface area contributed by atoms with Gasteiger partial charge in [0.05, 0.1) is 5.69 Å². The number of likely N-dealkylation sites (tertiary alicyclic amines) is 1. The van der Waals surface area contributed by atoms with Crippen molar-refractivity contribution < 1.29 is 4.39 Å². The van der Waals surface area contributed by atoms with Gasteiger partial charge in [0.15, 0.2) is 0 Å². The van der Waals surface area contributed by atoms with Gasteiger partial charge in [0, 0.05) is 66.0 Å². The number of hydrogen-bond acceptors (Lipinski definition) is 4. The molecule has 0 amide bonds. The Kier molecular flexibility index (Phi) is 5.49. The molecule has 7 rings (SSSR count). The number of benzene rings is 3. The predicted octanol–water partition coefficient (Wildman–Crippen LogP) is 6.06. The maximum Gasteiger partial charge on any atom is 0.123 e. The maximum atomic E-state index is 13.8. The van der Waals surface area contributed by atoms with E-state index in [-0.39, 0.29) is 5.82 Å². The number of fused-ring (bicyclic) bond motifs is 3. The topological polar surface area (TPSA) is 25.5 Å². The smallest absolute Gasteiger partial charge is 0.123 e. The second-order valence-electron chi connectivity index (χ2n) is 10.4. The Morgan fingerprint density at radius 3 is 2.69 bits per heavy atom. The number of nitrogens with zero attached hydrogens (tertiary/aromatic N) is 3. The summed E-state index contributed by atoms with van der Waals surface area (Å²) in [6.45, 7) is 7.77. The van der Waals surface area contributed by atoms with E-state index in [1.807, 2.05) is 18.0 Å². The molecule has 1 fully saturated rings. The first-order valence-electron chi connectivity index (χ1n) is 12.9. The Morgan fingerprint density at radius 2 is 1.80 bits per heavy atom. The number of aromatic nitrogens is 1. The van der Waals surface area contributed by atoms with Gasteiger partial charge in [0.2, 0.25) is 0 Å². The molecule has 0 bridgehead atoms. The fraction of sp³-hybridized carbons (Fsp3) is 0.379. The van der Waals surface area contributed by atoms with Crippen LogP contribution in [0.5, 0.6) is 0 Å². The molecule has 180 valence electrons.